The molecule has 0 aliphatic heterocycles. The summed E-state index contributed by atoms with van der Waals surface area (Å²) in [6.07, 6.45) is 4.62. The van der Waals surface area contributed by atoms with Crippen molar-refractivity contribution in [2.75, 3.05) is 13.1 Å². The van der Waals surface area contributed by atoms with E-state index in [4.69, 9.17) is 17.3 Å². The van der Waals surface area contributed by atoms with E-state index in [1.165, 1.54) is 4.88 Å². The number of nitrogens with zero attached hydrogens (tertiary/aromatic N) is 3. The lowest BCUT2D eigenvalue weighted by Gasteiger charge is -2.17. The van der Waals surface area contributed by atoms with Crippen molar-refractivity contribution in [3.05, 3.63) is 75.7 Å². The predicted octanol–water partition coefficient (Wildman–Crippen LogP) is 3.95. The number of benzene rings is 1. The summed E-state index contributed by atoms with van der Waals surface area (Å²) in [6, 6.07) is 13.8. The first-order chi connectivity index (χ1) is 12.2. The number of nitrogens with one attached hydrogen (secondary N) is 1. The fourth-order valence-corrected chi connectivity index (χ4v) is 3.34. The summed E-state index contributed by atoms with van der Waals surface area (Å²) in [5.74, 6) is 0.447. The quantitative estimate of drug-likeness (QED) is 0.293. The van der Waals surface area contributed by atoms with E-state index in [9.17, 15) is 0 Å². The SMILES string of the molecule is I.NC(=NCC(c1ccc(Cl)cc1)n1cccn1)NCCc1cccs1. The number of aliphatic imine (C=N–C) groups is 1. The van der Waals surface area contributed by atoms with Gasteiger partial charge in [-0.15, -0.1) is 35.3 Å². The molecule has 0 aliphatic carbocycles. The van der Waals surface area contributed by atoms with Gasteiger partial charge in [0, 0.05) is 28.8 Å². The van der Waals surface area contributed by atoms with E-state index in [1.807, 2.05) is 41.2 Å². The van der Waals surface area contributed by atoms with Crippen LogP contribution < -0.4 is 11.1 Å². The number of guanidine groups is 1. The van der Waals surface area contributed by atoms with Crippen molar-refractivity contribution in [3.8, 4) is 0 Å². The molecule has 1 unspecified atom stereocenters. The molecule has 2 aromatic heterocycles. The van der Waals surface area contributed by atoms with Gasteiger partial charge in [0.05, 0.1) is 12.6 Å². The van der Waals surface area contributed by atoms with Crippen molar-refractivity contribution in [2.24, 2.45) is 10.7 Å². The van der Waals surface area contributed by atoms with Gasteiger partial charge >= 0.3 is 0 Å². The average molecular weight is 502 g/mol. The molecule has 0 bridgehead atoms. The molecule has 0 amide bonds. The largest absolute Gasteiger partial charge is 0.370 e. The molecule has 0 fully saturated rings. The Labute approximate surface area is 179 Å². The zero-order valence-electron chi connectivity index (χ0n) is 14.1. The Morgan fingerprint density at radius 1 is 1.27 bits per heavy atom. The Hall–Kier alpha value is -1.58. The minimum atomic E-state index is -0.0232. The van der Waals surface area contributed by atoms with Crippen LogP contribution in [0.3, 0.4) is 0 Å². The van der Waals surface area contributed by atoms with Crippen molar-refractivity contribution >= 4 is 52.9 Å². The minimum Gasteiger partial charge on any atom is -0.370 e. The van der Waals surface area contributed by atoms with Crippen LogP contribution in [0.15, 0.2) is 65.2 Å². The van der Waals surface area contributed by atoms with Crippen molar-refractivity contribution in [2.45, 2.75) is 12.5 Å². The Kier molecular flexibility index (Phi) is 8.40. The van der Waals surface area contributed by atoms with Crippen molar-refractivity contribution in [3.63, 3.8) is 0 Å². The topological polar surface area (TPSA) is 68.2 Å². The van der Waals surface area contributed by atoms with Crippen LogP contribution in [0.2, 0.25) is 5.02 Å². The predicted molar refractivity (Wildman–Crippen MR) is 120 cm³/mol. The lowest BCUT2D eigenvalue weighted by molar-refractivity contribution is 0.532. The van der Waals surface area contributed by atoms with E-state index in [-0.39, 0.29) is 30.0 Å². The molecule has 3 N–H and O–H groups in total. The summed E-state index contributed by atoms with van der Waals surface area (Å²) in [4.78, 5) is 5.82. The van der Waals surface area contributed by atoms with Gasteiger partial charge in [-0.3, -0.25) is 9.67 Å². The van der Waals surface area contributed by atoms with Gasteiger partial charge in [0.25, 0.3) is 0 Å². The monoisotopic (exact) mass is 501 g/mol. The maximum atomic E-state index is 6.01. The van der Waals surface area contributed by atoms with Crippen LogP contribution in [-0.2, 0) is 6.42 Å². The van der Waals surface area contributed by atoms with Gasteiger partial charge in [-0.25, -0.2) is 0 Å². The van der Waals surface area contributed by atoms with Gasteiger partial charge in [-0.2, -0.15) is 5.10 Å². The van der Waals surface area contributed by atoms with Crippen LogP contribution in [-0.4, -0.2) is 28.8 Å². The second-order valence-electron chi connectivity index (χ2n) is 5.54. The highest BCUT2D eigenvalue weighted by Gasteiger charge is 2.13. The first-order valence-electron chi connectivity index (χ1n) is 8.03. The highest BCUT2D eigenvalue weighted by Crippen LogP contribution is 2.20. The summed E-state index contributed by atoms with van der Waals surface area (Å²) in [5.41, 5.74) is 7.09. The van der Waals surface area contributed by atoms with E-state index in [0.29, 0.717) is 17.5 Å². The number of halogens is 2. The molecular weight excluding hydrogens is 481 g/mol. The Morgan fingerprint density at radius 2 is 2.08 bits per heavy atom. The molecule has 8 heteroatoms. The molecule has 0 radical (unpaired) electrons. The van der Waals surface area contributed by atoms with Crippen molar-refractivity contribution in [1.29, 1.82) is 0 Å². The molecule has 1 atom stereocenters. The molecular formula is C18H21ClIN5S. The normalized spacial score (nSPS) is 12.4. The zero-order valence-corrected chi connectivity index (χ0v) is 18.0. The molecule has 1 aromatic carbocycles. The number of hydrogen-bond acceptors (Lipinski definition) is 3. The van der Waals surface area contributed by atoms with Gasteiger partial charge in [0.15, 0.2) is 5.96 Å². The van der Waals surface area contributed by atoms with E-state index >= 15 is 0 Å². The van der Waals surface area contributed by atoms with E-state index in [0.717, 1.165) is 18.5 Å². The third-order valence-corrected chi connectivity index (χ3v) is 4.98. The number of hydrogen-bond donors (Lipinski definition) is 2. The van der Waals surface area contributed by atoms with Gasteiger partial charge in [0.2, 0.25) is 0 Å². The van der Waals surface area contributed by atoms with E-state index in [1.54, 1.807) is 17.5 Å². The second-order valence-corrected chi connectivity index (χ2v) is 7.00. The standard InChI is InChI=1S/C18H20ClN5S.HI/c19-15-6-4-14(5-7-15)17(24-11-2-9-23-24)13-22-18(20)21-10-8-16-3-1-12-25-16;/h1-7,9,11-12,17H,8,10,13H2,(H3,20,21,22);1H. The molecule has 2 heterocycles. The summed E-state index contributed by atoms with van der Waals surface area (Å²) in [7, 11) is 0. The van der Waals surface area contributed by atoms with Crippen LogP contribution in [0.25, 0.3) is 0 Å². The molecule has 3 rings (SSSR count). The van der Waals surface area contributed by atoms with E-state index < -0.39 is 0 Å². The second kappa shape index (κ2) is 10.5. The third-order valence-electron chi connectivity index (χ3n) is 3.79. The molecule has 3 aromatic rings. The lowest BCUT2D eigenvalue weighted by atomic mass is 10.1. The summed E-state index contributed by atoms with van der Waals surface area (Å²) in [5, 5.41) is 10.3. The molecule has 0 spiro atoms. The maximum absolute atomic E-state index is 6.01. The van der Waals surface area contributed by atoms with Gasteiger partial charge in [-0.05, 0) is 41.6 Å². The molecule has 0 saturated heterocycles. The first kappa shape index (κ1) is 20.7. The average Bonchev–Trinajstić information content (AvgIpc) is 3.30. The van der Waals surface area contributed by atoms with Crippen molar-refractivity contribution in [1.82, 2.24) is 15.1 Å². The fourth-order valence-electron chi connectivity index (χ4n) is 2.50. The maximum Gasteiger partial charge on any atom is 0.188 e. The summed E-state index contributed by atoms with van der Waals surface area (Å²) in [6.45, 7) is 1.27. The fraction of sp³-hybridized carbons (Fsp3) is 0.222. The summed E-state index contributed by atoms with van der Waals surface area (Å²) >= 11 is 7.74. The molecule has 0 saturated carbocycles. The highest BCUT2D eigenvalue weighted by atomic mass is 127. The van der Waals surface area contributed by atoms with Crippen LogP contribution in [0.1, 0.15) is 16.5 Å². The smallest absolute Gasteiger partial charge is 0.188 e. The van der Waals surface area contributed by atoms with Crippen LogP contribution in [0, 0.1) is 0 Å². The van der Waals surface area contributed by atoms with Gasteiger partial charge in [-0.1, -0.05) is 29.8 Å². The van der Waals surface area contributed by atoms with Crippen LogP contribution in [0.4, 0.5) is 0 Å². The highest BCUT2D eigenvalue weighted by molar-refractivity contribution is 14.0. The molecule has 0 aliphatic rings. The lowest BCUT2D eigenvalue weighted by Crippen LogP contribution is -2.34. The third kappa shape index (κ3) is 6.00. The number of aromatic nitrogens is 2. The zero-order chi connectivity index (χ0) is 17.5. The van der Waals surface area contributed by atoms with Gasteiger partial charge < -0.3 is 11.1 Å². The van der Waals surface area contributed by atoms with Crippen LogP contribution in [0.5, 0.6) is 0 Å². The molecule has 26 heavy (non-hydrogen) atoms. The summed E-state index contributed by atoms with van der Waals surface area (Å²) < 4.78 is 1.88. The van der Waals surface area contributed by atoms with Crippen LogP contribution >= 0.6 is 46.9 Å². The molecule has 138 valence electrons. The number of nitrogens with two attached hydrogens (primary N) is 1. The van der Waals surface area contributed by atoms with Crippen molar-refractivity contribution < 1.29 is 0 Å². The number of thiophene rings is 1. The first-order valence-corrected chi connectivity index (χ1v) is 9.29. The Bertz CT molecular complexity index is 788. The van der Waals surface area contributed by atoms with Gasteiger partial charge in [0.1, 0.15) is 0 Å². The Balaban J connectivity index is 0.00000243. The minimum absolute atomic E-state index is 0. The Morgan fingerprint density at radius 3 is 2.73 bits per heavy atom. The number of rotatable bonds is 7. The molecule has 5 nitrogen and oxygen atoms in total. The van der Waals surface area contributed by atoms with E-state index in [2.05, 4.69) is 32.9 Å².